The highest BCUT2D eigenvalue weighted by molar-refractivity contribution is 5.85. The summed E-state index contributed by atoms with van der Waals surface area (Å²) >= 11 is 0. The number of aliphatic hydroxyl groups is 1. The summed E-state index contributed by atoms with van der Waals surface area (Å²) in [5, 5.41) is 10.9. The zero-order valence-electron chi connectivity index (χ0n) is 16.5. The van der Waals surface area contributed by atoms with Crippen molar-refractivity contribution in [1.82, 2.24) is 4.57 Å². The Morgan fingerprint density at radius 1 is 1.21 bits per heavy atom. The molecule has 1 aliphatic heterocycles. The number of pyridine rings is 1. The Balaban J connectivity index is 1.85. The average molecular weight is 382 g/mol. The van der Waals surface area contributed by atoms with Gasteiger partial charge in [-0.2, -0.15) is 0 Å². The summed E-state index contributed by atoms with van der Waals surface area (Å²) in [6.45, 7) is 2.49. The molecule has 0 amide bonds. The zero-order chi connectivity index (χ0) is 19.8. The number of aliphatic imine (C=N–C) groups is 1. The minimum Gasteiger partial charge on any atom is -0.493 e. The van der Waals surface area contributed by atoms with E-state index in [0.717, 1.165) is 23.1 Å². The molecule has 148 valence electrons. The first kappa shape index (κ1) is 18.7. The molecule has 1 unspecified atom stereocenters. The molecule has 1 saturated carbocycles. The number of hydrogen-bond donors (Lipinski definition) is 1. The predicted octanol–water partition coefficient (Wildman–Crippen LogP) is 2.62. The maximum Gasteiger partial charge on any atom is 0.250 e. The zero-order valence-corrected chi connectivity index (χ0v) is 16.5. The van der Waals surface area contributed by atoms with Gasteiger partial charge in [-0.3, -0.25) is 9.79 Å². The molecule has 0 spiro atoms. The van der Waals surface area contributed by atoms with Gasteiger partial charge in [0.05, 0.1) is 25.9 Å². The average Bonchev–Trinajstić information content (AvgIpc) is 2.70. The van der Waals surface area contributed by atoms with Crippen molar-refractivity contribution < 1.29 is 14.6 Å². The second-order valence-corrected chi connectivity index (χ2v) is 7.52. The van der Waals surface area contributed by atoms with Gasteiger partial charge in [0.1, 0.15) is 0 Å². The summed E-state index contributed by atoms with van der Waals surface area (Å²) in [6, 6.07) is 7.50. The number of nitrogens with zero attached hydrogens (tertiary/aromatic N) is 2. The molecule has 0 saturated heterocycles. The monoisotopic (exact) mass is 382 g/mol. The third-order valence-electron chi connectivity index (χ3n) is 5.90. The normalized spacial score (nSPS) is 25.7. The Labute approximate surface area is 164 Å². The van der Waals surface area contributed by atoms with Crippen LogP contribution in [0.5, 0.6) is 11.5 Å². The molecule has 1 aromatic heterocycles. The first-order valence-corrected chi connectivity index (χ1v) is 9.76. The molecule has 0 bridgehead atoms. The Morgan fingerprint density at radius 3 is 2.75 bits per heavy atom. The van der Waals surface area contributed by atoms with Crippen LogP contribution in [0.3, 0.4) is 0 Å². The maximum absolute atomic E-state index is 11.9. The Kier molecular flexibility index (Phi) is 4.98. The summed E-state index contributed by atoms with van der Waals surface area (Å²) in [5.74, 6) is 1.27. The second kappa shape index (κ2) is 7.43. The molecule has 6 nitrogen and oxygen atoms in total. The lowest BCUT2D eigenvalue weighted by molar-refractivity contribution is 0.0848. The molecule has 2 aliphatic rings. The third kappa shape index (κ3) is 3.11. The van der Waals surface area contributed by atoms with E-state index in [0.29, 0.717) is 24.5 Å². The smallest absolute Gasteiger partial charge is 0.250 e. The van der Waals surface area contributed by atoms with E-state index in [4.69, 9.17) is 14.5 Å². The molecule has 4 rings (SSSR count). The standard InChI is InChI=1S/C22H26N2O4/c1-4-28-19-10-15-14(9-18(19)27-3)11-23-16-6-7-17(25)21(22(15)16)13-5-8-20(26)24(2)12-13/h5,8-12,16-17,21-22,25H,4,6-7H2,1-3H3/t16-,17-,21?,22-/m1/s1. The van der Waals surface area contributed by atoms with E-state index < -0.39 is 6.10 Å². The highest BCUT2D eigenvalue weighted by atomic mass is 16.5. The van der Waals surface area contributed by atoms with Crippen molar-refractivity contribution in [2.24, 2.45) is 12.0 Å². The lowest BCUT2D eigenvalue weighted by atomic mass is 9.66. The first-order valence-electron chi connectivity index (χ1n) is 9.76. The van der Waals surface area contributed by atoms with Crippen LogP contribution in [0.4, 0.5) is 0 Å². The summed E-state index contributed by atoms with van der Waals surface area (Å²) in [5.41, 5.74) is 3.00. The van der Waals surface area contributed by atoms with Gasteiger partial charge in [0.2, 0.25) is 5.56 Å². The number of fused-ring (bicyclic) bond motifs is 3. The van der Waals surface area contributed by atoms with Crippen molar-refractivity contribution in [3.05, 3.63) is 57.5 Å². The highest BCUT2D eigenvalue weighted by Crippen LogP contribution is 2.49. The largest absolute Gasteiger partial charge is 0.493 e. The minimum absolute atomic E-state index is 0.0198. The van der Waals surface area contributed by atoms with E-state index in [9.17, 15) is 9.90 Å². The van der Waals surface area contributed by atoms with Gasteiger partial charge >= 0.3 is 0 Å². The number of aliphatic hydroxyl groups excluding tert-OH is 1. The van der Waals surface area contributed by atoms with Crippen molar-refractivity contribution in [3.8, 4) is 11.5 Å². The fourth-order valence-corrected chi connectivity index (χ4v) is 4.59. The van der Waals surface area contributed by atoms with Gasteiger partial charge in [0.25, 0.3) is 0 Å². The fourth-order valence-electron chi connectivity index (χ4n) is 4.59. The number of rotatable bonds is 4. The van der Waals surface area contributed by atoms with Crippen LogP contribution < -0.4 is 15.0 Å². The van der Waals surface area contributed by atoms with E-state index in [-0.39, 0.29) is 23.4 Å². The van der Waals surface area contributed by atoms with Crippen LogP contribution in [0.1, 0.15) is 48.3 Å². The lowest BCUT2D eigenvalue weighted by Crippen LogP contribution is -2.39. The predicted molar refractivity (Wildman–Crippen MR) is 108 cm³/mol. The number of methoxy groups -OCH3 is 1. The number of aryl methyl sites for hydroxylation is 1. The van der Waals surface area contributed by atoms with Gasteiger partial charge in [-0.25, -0.2) is 0 Å². The van der Waals surface area contributed by atoms with Crippen LogP contribution in [0.15, 0.2) is 40.2 Å². The van der Waals surface area contributed by atoms with E-state index in [1.54, 1.807) is 24.8 Å². The Morgan fingerprint density at radius 2 is 2.04 bits per heavy atom. The van der Waals surface area contributed by atoms with Crippen LogP contribution in [0.25, 0.3) is 0 Å². The molecule has 1 aliphatic carbocycles. The van der Waals surface area contributed by atoms with Crippen molar-refractivity contribution in [3.63, 3.8) is 0 Å². The molecule has 2 heterocycles. The van der Waals surface area contributed by atoms with Crippen molar-refractivity contribution in [2.45, 2.75) is 43.7 Å². The number of hydrogen-bond acceptors (Lipinski definition) is 5. The van der Waals surface area contributed by atoms with E-state index in [2.05, 4.69) is 0 Å². The number of benzene rings is 1. The molecule has 1 aromatic carbocycles. The summed E-state index contributed by atoms with van der Waals surface area (Å²) in [7, 11) is 3.37. The highest BCUT2D eigenvalue weighted by Gasteiger charge is 2.43. The van der Waals surface area contributed by atoms with Crippen molar-refractivity contribution in [2.75, 3.05) is 13.7 Å². The number of aromatic nitrogens is 1. The van der Waals surface area contributed by atoms with Crippen LogP contribution in [0.2, 0.25) is 0 Å². The van der Waals surface area contributed by atoms with Gasteiger partial charge in [-0.1, -0.05) is 6.07 Å². The van der Waals surface area contributed by atoms with Crippen molar-refractivity contribution >= 4 is 6.21 Å². The van der Waals surface area contributed by atoms with Gasteiger partial charge in [0, 0.05) is 37.4 Å². The second-order valence-electron chi connectivity index (χ2n) is 7.52. The molecule has 1 fully saturated rings. The van der Waals surface area contributed by atoms with Gasteiger partial charge in [-0.05, 0) is 48.6 Å². The van der Waals surface area contributed by atoms with Gasteiger partial charge in [-0.15, -0.1) is 0 Å². The van der Waals surface area contributed by atoms with Gasteiger partial charge in [0.15, 0.2) is 11.5 Å². The molecular weight excluding hydrogens is 356 g/mol. The van der Waals surface area contributed by atoms with E-state index in [1.165, 1.54) is 0 Å². The van der Waals surface area contributed by atoms with E-state index >= 15 is 0 Å². The quantitative estimate of drug-likeness (QED) is 0.882. The fraction of sp³-hybridized carbons (Fsp3) is 0.455. The molecule has 4 atom stereocenters. The molecule has 28 heavy (non-hydrogen) atoms. The minimum atomic E-state index is -0.488. The topological polar surface area (TPSA) is 73.1 Å². The first-order chi connectivity index (χ1) is 13.5. The van der Waals surface area contributed by atoms with Gasteiger partial charge < -0.3 is 19.1 Å². The number of ether oxygens (including phenoxy) is 2. The van der Waals surface area contributed by atoms with Crippen LogP contribution in [-0.4, -0.2) is 41.8 Å². The molecule has 2 aromatic rings. The van der Waals surface area contributed by atoms with Crippen molar-refractivity contribution in [1.29, 1.82) is 0 Å². The summed E-state index contributed by atoms with van der Waals surface area (Å²) < 4.78 is 12.9. The molecule has 1 N–H and O–H groups in total. The SMILES string of the molecule is CCOc1cc2c(cc1OC)C=N[C@@H]1CC[C@@H](O)C(c3ccc(=O)n(C)c3)[C@H]21. The van der Waals surface area contributed by atoms with E-state index in [1.807, 2.05) is 37.5 Å². The third-order valence-corrected chi connectivity index (χ3v) is 5.90. The van der Waals surface area contributed by atoms with Crippen LogP contribution in [0, 0.1) is 0 Å². The molecular formula is C22H26N2O4. The Hall–Kier alpha value is -2.60. The van der Waals surface area contributed by atoms with Crippen LogP contribution >= 0.6 is 0 Å². The maximum atomic E-state index is 11.9. The Bertz CT molecular complexity index is 965. The summed E-state index contributed by atoms with van der Waals surface area (Å²) in [6.07, 6.45) is 4.78. The lowest BCUT2D eigenvalue weighted by Gasteiger charge is -2.42. The summed E-state index contributed by atoms with van der Waals surface area (Å²) in [4.78, 5) is 16.6. The molecule has 6 heteroatoms. The molecule has 0 radical (unpaired) electrons. The van der Waals surface area contributed by atoms with Crippen LogP contribution in [-0.2, 0) is 7.05 Å².